The predicted molar refractivity (Wildman–Crippen MR) is 129 cm³/mol. The van der Waals surface area contributed by atoms with Gasteiger partial charge in [-0.25, -0.2) is 4.99 Å². The molecule has 0 N–H and O–H groups in total. The van der Waals surface area contributed by atoms with Gasteiger partial charge in [0.2, 0.25) is 0 Å². The maximum absolute atomic E-state index is 13.3. The number of aliphatic imine (C=N–C) groups is 1. The molecule has 0 aromatic heterocycles. The molecule has 0 spiro atoms. The van der Waals surface area contributed by atoms with Crippen LogP contribution in [0.4, 0.5) is 5.69 Å². The molecule has 1 saturated carbocycles. The van der Waals surface area contributed by atoms with Crippen LogP contribution in [0.5, 0.6) is 5.75 Å². The van der Waals surface area contributed by atoms with E-state index in [4.69, 9.17) is 9.73 Å². The number of hydrogen-bond donors (Lipinski definition) is 0. The van der Waals surface area contributed by atoms with Crippen LogP contribution in [0.25, 0.3) is 6.08 Å². The quantitative estimate of drug-likeness (QED) is 0.356. The van der Waals surface area contributed by atoms with Gasteiger partial charge < -0.3 is 4.74 Å². The van der Waals surface area contributed by atoms with Crippen LogP contribution in [-0.4, -0.2) is 29.1 Å². The Morgan fingerprint density at radius 1 is 1.14 bits per heavy atom. The number of amidine groups is 1. The summed E-state index contributed by atoms with van der Waals surface area (Å²) in [6, 6.07) is 16.1. The fourth-order valence-electron chi connectivity index (χ4n) is 3.76. The average Bonchev–Trinajstić information content (AvgIpc) is 3.04. The third kappa shape index (κ3) is 4.69. The number of nitrogens with zero attached hydrogens (tertiary/aromatic N) is 2. The lowest BCUT2D eigenvalue weighted by Crippen LogP contribution is -2.40. The summed E-state index contributed by atoms with van der Waals surface area (Å²) >= 11 is 3.74. The smallest absolute Gasteiger partial charge is 0.267 e. The van der Waals surface area contributed by atoms with Gasteiger partial charge in [0, 0.05) is 6.04 Å². The molecule has 2 aromatic rings. The fraction of sp³-hybridized carbons (Fsp3) is 0.304. The summed E-state index contributed by atoms with van der Waals surface area (Å²) in [5.74, 6) is 0.913. The number of benzene rings is 2. The lowest BCUT2D eigenvalue weighted by molar-refractivity contribution is -0.124. The van der Waals surface area contributed by atoms with E-state index >= 15 is 0 Å². The van der Waals surface area contributed by atoms with E-state index in [9.17, 15) is 4.79 Å². The van der Waals surface area contributed by atoms with Gasteiger partial charge in [-0.2, -0.15) is 0 Å². The maximum Gasteiger partial charge on any atom is 0.267 e. The van der Waals surface area contributed by atoms with Crippen LogP contribution < -0.4 is 4.74 Å². The zero-order valence-electron chi connectivity index (χ0n) is 16.3. The number of carbonyl (C=O) groups excluding carboxylic acids is 1. The first-order valence-electron chi connectivity index (χ1n) is 9.86. The molecule has 4 nitrogen and oxygen atoms in total. The van der Waals surface area contributed by atoms with E-state index in [-0.39, 0.29) is 11.9 Å². The highest BCUT2D eigenvalue weighted by Gasteiger charge is 2.38. The van der Waals surface area contributed by atoms with Crippen molar-refractivity contribution in [3.05, 3.63) is 62.6 Å². The summed E-state index contributed by atoms with van der Waals surface area (Å²) in [5, 5.41) is 0.794. The number of carbonyl (C=O) groups is 1. The molecule has 2 fully saturated rings. The van der Waals surface area contributed by atoms with Crippen molar-refractivity contribution in [1.29, 1.82) is 0 Å². The second kappa shape index (κ2) is 9.34. The van der Waals surface area contributed by atoms with Crippen LogP contribution in [0.15, 0.2) is 58.4 Å². The van der Waals surface area contributed by atoms with E-state index in [0.29, 0.717) is 0 Å². The van der Waals surface area contributed by atoms with Crippen molar-refractivity contribution in [1.82, 2.24) is 4.90 Å². The molecule has 0 bridgehead atoms. The number of ether oxygens (including phenoxy) is 1. The highest BCUT2D eigenvalue weighted by Crippen LogP contribution is 2.38. The van der Waals surface area contributed by atoms with Crippen molar-refractivity contribution in [3.8, 4) is 5.75 Å². The van der Waals surface area contributed by atoms with E-state index in [1.807, 2.05) is 59.5 Å². The van der Waals surface area contributed by atoms with Gasteiger partial charge in [0.1, 0.15) is 5.75 Å². The molecule has 1 aliphatic heterocycles. The molecule has 1 heterocycles. The Bertz CT molecular complexity index is 953. The Kier molecular flexibility index (Phi) is 6.60. The molecule has 0 unspecified atom stereocenters. The molecule has 4 rings (SSSR count). The Morgan fingerprint density at radius 2 is 1.90 bits per heavy atom. The van der Waals surface area contributed by atoms with E-state index in [1.165, 1.54) is 31.0 Å². The Hall–Kier alpha value is -1.80. The van der Waals surface area contributed by atoms with Gasteiger partial charge >= 0.3 is 0 Å². The topological polar surface area (TPSA) is 41.9 Å². The van der Waals surface area contributed by atoms with Crippen molar-refractivity contribution in [2.75, 3.05) is 7.11 Å². The van der Waals surface area contributed by atoms with Gasteiger partial charge in [0.15, 0.2) is 5.17 Å². The van der Waals surface area contributed by atoms with Crippen LogP contribution in [-0.2, 0) is 4.79 Å². The highest BCUT2D eigenvalue weighted by atomic mass is 127. The number of halogens is 1. The van der Waals surface area contributed by atoms with Gasteiger partial charge in [-0.1, -0.05) is 43.5 Å². The molecule has 29 heavy (non-hydrogen) atoms. The molecular formula is C23H23IN2O2S. The second-order valence-corrected chi connectivity index (χ2v) is 9.37. The molecule has 1 amide bonds. The van der Waals surface area contributed by atoms with E-state index < -0.39 is 0 Å². The Morgan fingerprint density at radius 3 is 2.59 bits per heavy atom. The minimum atomic E-state index is 0.0717. The zero-order valence-corrected chi connectivity index (χ0v) is 19.3. The van der Waals surface area contributed by atoms with Gasteiger partial charge in [0.05, 0.1) is 21.3 Å². The SMILES string of the molecule is COc1ccc(C=C2SC(=Nc3ccccc3)N(C3CCCCC3)C2=O)cc1I. The lowest BCUT2D eigenvalue weighted by Gasteiger charge is -2.30. The largest absolute Gasteiger partial charge is 0.496 e. The fourth-order valence-corrected chi connectivity index (χ4v) is 5.58. The summed E-state index contributed by atoms with van der Waals surface area (Å²) in [6.45, 7) is 0. The van der Waals surface area contributed by atoms with E-state index in [0.717, 1.165) is 43.5 Å². The van der Waals surface area contributed by atoms with Crippen LogP contribution in [0.1, 0.15) is 37.7 Å². The van der Waals surface area contributed by atoms with Crippen molar-refractivity contribution in [3.63, 3.8) is 0 Å². The normalized spacial score (nSPS) is 20.6. The maximum atomic E-state index is 13.3. The molecule has 0 radical (unpaired) electrons. The van der Waals surface area contributed by atoms with E-state index in [2.05, 4.69) is 22.6 Å². The van der Waals surface area contributed by atoms with Crippen molar-refractivity contribution in [2.45, 2.75) is 38.1 Å². The van der Waals surface area contributed by atoms with Crippen LogP contribution in [0, 0.1) is 3.57 Å². The first-order chi connectivity index (χ1) is 14.2. The summed E-state index contributed by atoms with van der Waals surface area (Å²) in [7, 11) is 1.67. The van der Waals surface area contributed by atoms with Crippen molar-refractivity contribution < 1.29 is 9.53 Å². The Balaban J connectivity index is 1.68. The molecule has 150 valence electrons. The third-order valence-corrected chi connectivity index (χ3v) is 7.06. The number of para-hydroxylation sites is 1. The highest BCUT2D eigenvalue weighted by molar-refractivity contribution is 14.1. The van der Waals surface area contributed by atoms with Gasteiger partial charge in [-0.3, -0.25) is 9.69 Å². The molecule has 1 saturated heterocycles. The lowest BCUT2D eigenvalue weighted by atomic mass is 9.94. The van der Waals surface area contributed by atoms with Gasteiger partial charge in [-0.15, -0.1) is 0 Å². The monoisotopic (exact) mass is 518 g/mol. The minimum absolute atomic E-state index is 0.0717. The minimum Gasteiger partial charge on any atom is -0.496 e. The Labute approximate surface area is 189 Å². The second-order valence-electron chi connectivity index (χ2n) is 7.20. The third-order valence-electron chi connectivity index (χ3n) is 5.23. The summed E-state index contributed by atoms with van der Waals surface area (Å²) in [6.07, 6.45) is 7.67. The predicted octanol–water partition coefficient (Wildman–Crippen LogP) is 6.24. The van der Waals surface area contributed by atoms with Crippen LogP contribution in [0.2, 0.25) is 0 Å². The number of rotatable bonds is 4. The van der Waals surface area contributed by atoms with Crippen molar-refractivity contribution in [2.24, 2.45) is 4.99 Å². The number of thioether (sulfide) groups is 1. The van der Waals surface area contributed by atoms with Crippen LogP contribution in [0.3, 0.4) is 0 Å². The van der Waals surface area contributed by atoms with Crippen LogP contribution >= 0.6 is 34.4 Å². The summed E-state index contributed by atoms with van der Waals surface area (Å²) in [5.41, 5.74) is 1.87. The molecule has 1 aliphatic carbocycles. The first kappa shape index (κ1) is 20.5. The zero-order chi connectivity index (χ0) is 20.2. The summed E-state index contributed by atoms with van der Waals surface area (Å²) < 4.78 is 6.37. The number of amides is 1. The first-order valence-corrected chi connectivity index (χ1v) is 11.8. The molecule has 2 aromatic carbocycles. The standard InChI is InChI=1S/C23H23IN2O2S/c1-28-20-13-12-16(14-19(20)24)15-21-22(27)26(18-10-6-3-7-11-18)23(29-21)25-17-8-4-2-5-9-17/h2,4-5,8-9,12-15,18H,3,6-7,10-11H2,1H3. The molecular weight excluding hydrogens is 495 g/mol. The average molecular weight is 518 g/mol. The van der Waals surface area contributed by atoms with Gasteiger partial charge in [0.25, 0.3) is 5.91 Å². The molecule has 6 heteroatoms. The summed E-state index contributed by atoms with van der Waals surface area (Å²) in [4.78, 5) is 20.8. The van der Waals surface area contributed by atoms with Gasteiger partial charge in [-0.05, 0) is 83.1 Å². The van der Waals surface area contributed by atoms with Crippen molar-refractivity contribution >= 4 is 57.2 Å². The number of methoxy groups -OCH3 is 1. The molecule has 2 aliphatic rings. The number of hydrogen-bond acceptors (Lipinski definition) is 4. The molecule has 0 atom stereocenters. The van der Waals surface area contributed by atoms with E-state index in [1.54, 1.807) is 7.11 Å².